The van der Waals surface area contributed by atoms with Gasteiger partial charge in [0, 0.05) is 0 Å². The van der Waals surface area contributed by atoms with E-state index < -0.39 is 10.0 Å². The van der Waals surface area contributed by atoms with Gasteiger partial charge in [-0.3, -0.25) is 4.72 Å². The molecule has 0 spiro atoms. The molecule has 0 saturated heterocycles. The quantitative estimate of drug-likeness (QED) is 0.791. The van der Waals surface area contributed by atoms with Crippen molar-refractivity contribution in [2.45, 2.75) is 18.7 Å². The highest BCUT2D eigenvalue weighted by Crippen LogP contribution is 2.36. The van der Waals surface area contributed by atoms with Crippen LogP contribution in [-0.2, 0) is 10.0 Å². The molecule has 0 unspecified atom stereocenters. The molecule has 1 N–H and O–H groups in total. The van der Waals surface area contributed by atoms with Crippen LogP contribution >= 0.6 is 27.5 Å². The summed E-state index contributed by atoms with van der Waals surface area (Å²) in [6, 6.07) is 9.74. The molecular weight excluding hydrogens is 390 g/mol. The van der Waals surface area contributed by atoms with E-state index in [1.165, 1.54) is 6.07 Å². The Balaban J connectivity index is 2.32. The predicted octanol–water partition coefficient (Wildman–Crippen LogP) is 4.61. The Hall–Kier alpha value is -1.24. The monoisotopic (exact) mass is 403 g/mol. The molecule has 0 bridgehead atoms. The first kappa shape index (κ1) is 17.1. The van der Waals surface area contributed by atoms with E-state index in [2.05, 4.69) is 20.7 Å². The largest absolute Gasteiger partial charge is 0.491 e. The first-order chi connectivity index (χ1) is 10.3. The van der Waals surface area contributed by atoms with E-state index in [1.807, 2.05) is 13.8 Å². The number of benzene rings is 2. The number of nitrogens with one attached hydrogen (secondary N) is 1. The summed E-state index contributed by atoms with van der Waals surface area (Å²) < 4.78 is 33.2. The molecule has 0 radical (unpaired) electrons. The maximum absolute atomic E-state index is 12.3. The molecule has 2 aromatic carbocycles. The maximum Gasteiger partial charge on any atom is 0.261 e. The van der Waals surface area contributed by atoms with Crippen molar-refractivity contribution in [3.8, 4) is 5.75 Å². The summed E-state index contributed by atoms with van der Waals surface area (Å²) in [5.41, 5.74) is 1.35. The molecule has 0 aliphatic carbocycles. The van der Waals surface area contributed by atoms with Gasteiger partial charge >= 0.3 is 0 Å². The number of ether oxygens (including phenoxy) is 1. The Morgan fingerprint density at radius 1 is 1.23 bits per heavy atom. The second-order valence-electron chi connectivity index (χ2n) is 4.62. The highest BCUT2D eigenvalue weighted by atomic mass is 79.9. The van der Waals surface area contributed by atoms with Gasteiger partial charge in [-0.05, 0) is 54.0 Å². The lowest BCUT2D eigenvalue weighted by Crippen LogP contribution is -2.13. The third-order valence-electron chi connectivity index (χ3n) is 2.87. The van der Waals surface area contributed by atoms with E-state index in [0.29, 0.717) is 27.5 Å². The number of halogens is 2. The molecule has 118 valence electrons. The fourth-order valence-corrected chi connectivity index (χ4v) is 3.84. The van der Waals surface area contributed by atoms with Gasteiger partial charge in [0.25, 0.3) is 10.0 Å². The van der Waals surface area contributed by atoms with Gasteiger partial charge in [-0.1, -0.05) is 29.3 Å². The van der Waals surface area contributed by atoms with Crippen molar-refractivity contribution in [3.05, 3.63) is 51.5 Å². The van der Waals surface area contributed by atoms with E-state index >= 15 is 0 Å². The highest BCUT2D eigenvalue weighted by molar-refractivity contribution is 9.10. The molecule has 7 heteroatoms. The Bertz CT molecular complexity index is 753. The number of sulfonamides is 1. The van der Waals surface area contributed by atoms with Crippen molar-refractivity contribution in [2.75, 3.05) is 11.3 Å². The van der Waals surface area contributed by atoms with Gasteiger partial charge in [-0.2, -0.15) is 0 Å². The van der Waals surface area contributed by atoms with Crippen molar-refractivity contribution in [2.24, 2.45) is 0 Å². The molecule has 2 aromatic rings. The second kappa shape index (κ2) is 6.89. The fraction of sp³-hybridized carbons (Fsp3) is 0.200. The first-order valence-electron chi connectivity index (χ1n) is 6.55. The van der Waals surface area contributed by atoms with Gasteiger partial charge in [0.05, 0.1) is 26.7 Å². The lowest BCUT2D eigenvalue weighted by Gasteiger charge is -2.12. The molecule has 0 amide bonds. The van der Waals surface area contributed by atoms with Crippen molar-refractivity contribution >= 4 is 43.2 Å². The zero-order valence-corrected chi connectivity index (χ0v) is 15.2. The van der Waals surface area contributed by atoms with Gasteiger partial charge in [0.15, 0.2) is 5.75 Å². The highest BCUT2D eigenvalue weighted by Gasteiger charge is 2.16. The predicted molar refractivity (Wildman–Crippen MR) is 92.3 cm³/mol. The minimum absolute atomic E-state index is 0.194. The number of anilines is 1. The van der Waals surface area contributed by atoms with E-state index in [4.69, 9.17) is 16.3 Å². The van der Waals surface area contributed by atoms with Crippen molar-refractivity contribution in [1.29, 1.82) is 0 Å². The molecule has 0 atom stereocenters. The third kappa shape index (κ3) is 3.94. The molecule has 0 aliphatic rings. The zero-order valence-electron chi connectivity index (χ0n) is 12.1. The summed E-state index contributed by atoms with van der Waals surface area (Å²) in [6.07, 6.45) is 0. The summed E-state index contributed by atoms with van der Waals surface area (Å²) in [6.45, 7) is 4.21. The van der Waals surface area contributed by atoms with Crippen LogP contribution < -0.4 is 9.46 Å². The SMILES string of the molecule is CCOc1c(Cl)cc(NS(=O)(=O)c2ccc(C)cc2)cc1Br. The average Bonchev–Trinajstić information content (AvgIpc) is 2.43. The number of hydrogen-bond donors (Lipinski definition) is 1. The average molecular weight is 405 g/mol. The van der Waals surface area contributed by atoms with E-state index in [-0.39, 0.29) is 4.90 Å². The second-order valence-corrected chi connectivity index (χ2v) is 7.56. The molecule has 0 saturated carbocycles. The maximum atomic E-state index is 12.3. The summed E-state index contributed by atoms with van der Waals surface area (Å²) in [7, 11) is -3.66. The summed E-state index contributed by atoms with van der Waals surface area (Å²) in [4.78, 5) is 0.194. The molecule has 2 rings (SSSR count). The Morgan fingerprint density at radius 3 is 2.41 bits per heavy atom. The van der Waals surface area contributed by atoms with Crippen LogP contribution in [0.2, 0.25) is 5.02 Å². The Kier molecular flexibility index (Phi) is 5.36. The standard InChI is InChI=1S/C15H15BrClNO3S/c1-3-21-15-13(16)8-11(9-14(15)17)18-22(19,20)12-6-4-10(2)5-7-12/h4-9,18H,3H2,1-2H3. The molecular formula is C15H15BrClNO3S. The van der Waals surface area contributed by atoms with Crippen molar-refractivity contribution in [1.82, 2.24) is 0 Å². The van der Waals surface area contributed by atoms with Crippen LogP contribution in [0.15, 0.2) is 45.8 Å². The number of rotatable bonds is 5. The van der Waals surface area contributed by atoms with Crippen LogP contribution in [-0.4, -0.2) is 15.0 Å². The van der Waals surface area contributed by atoms with Crippen molar-refractivity contribution < 1.29 is 13.2 Å². The Labute approximate surface area is 143 Å². The number of aryl methyl sites for hydroxylation is 1. The molecule has 0 aliphatic heterocycles. The first-order valence-corrected chi connectivity index (χ1v) is 9.20. The van der Waals surface area contributed by atoms with Gasteiger partial charge in [-0.15, -0.1) is 0 Å². The van der Waals surface area contributed by atoms with Crippen LogP contribution in [0.4, 0.5) is 5.69 Å². The van der Waals surface area contributed by atoms with Crippen LogP contribution in [0.3, 0.4) is 0 Å². The smallest absolute Gasteiger partial charge is 0.261 e. The molecule has 0 aromatic heterocycles. The Morgan fingerprint density at radius 2 is 1.86 bits per heavy atom. The molecule has 0 heterocycles. The van der Waals surface area contributed by atoms with Crippen LogP contribution in [0.1, 0.15) is 12.5 Å². The van der Waals surface area contributed by atoms with Gasteiger partial charge in [0.1, 0.15) is 0 Å². The summed E-state index contributed by atoms with van der Waals surface area (Å²) in [5.74, 6) is 0.488. The minimum Gasteiger partial charge on any atom is -0.491 e. The van der Waals surface area contributed by atoms with Crippen LogP contribution in [0, 0.1) is 6.92 Å². The lowest BCUT2D eigenvalue weighted by atomic mass is 10.2. The van der Waals surface area contributed by atoms with Crippen LogP contribution in [0.25, 0.3) is 0 Å². The van der Waals surface area contributed by atoms with E-state index in [0.717, 1.165) is 5.56 Å². The van der Waals surface area contributed by atoms with Gasteiger partial charge < -0.3 is 4.74 Å². The van der Waals surface area contributed by atoms with E-state index in [9.17, 15) is 8.42 Å². The fourth-order valence-electron chi connectivity index (χ4n) is 1.83. The normalized spacial score (nSPS) is 11.3. The van der Waals surface area contributed by atoms with Gasteiger partial charge in [-0.25, -0.2) is 8.42 Å². The summed E-state index contributed by atoms with van der Waals surface area (Å²) >= 11 is 9.45. The molecule has 4 nitrogen and oxygen atoms in total. The minimum atomic E-state index is -3.66. The topological polar surface area (TPSA) is 55.4 Å². The lowest BCUT2D eigenvalue weighted by molar-refractivity contribution is 0.338. The van der Waals surface area contributed by atoms with Crippen LogP contribution in [0.5, 0.6) is 5.75 Å². The third-order valence-corrected chi connectivity index (χ3v) is 5.14. The zero-order chi connectivity index (χ0) is 16.3. The van der Waals surface area contributed by atoms with Crippen molar-refractivity contribution in [3.63, 3.8) is 0 Å². The number of hydrogen-bond acceptors (Lipinski definition) is 3. The molecule has 0 fully saturated rings. The van der Waals surface area contributed by atoms with E-state index in [1.54, 1.807) is 30.3 Å². The summed E-state index contributed by atoms with van der Waals surface area (Å²) in [5, 5.41) is 0.331. The van der Waals surface area contributed by atoms with Gasteiger partial charge in [0.2, 0.25) is 0 Å². The molecule has 22 heavy (non-hydrogen) atoms.